The molecule has 0 N–H and O–H groups in total. The van der Waals surface area contributed by atoms with E-state index in [1.54, 1.807) is 11.8 Å². The highest BCUT2D eigenvalue weighted by molar-refractivity contribution is 7.98. The highest BCUT2D eigenvalue weighted by Gasteiger charge is 2.39. The zero-order valence-electron chi connectivity index (χ0n) is 13.9. The number of fused-ring (bicyclic) bond motifs is 3. The molecule has 5 nitrogen and oxygen atoms in total. The van der Waals surface area contributed by atoms with Crippen molar-refractivity contribution >= 4 is 17.6 Å². The van der Waals surface area contributed by atoms with Gasteiger partial charge in [-0.1, -0.05) is 24.6 Å². The van der Waals surface area contributed by atoms with Crippen molar-refractivity contribution in [1.82, 2.24) is 9.97 Å². The molecule has 0 spiro atoms. The summed E-state index contributed by atoms with van der Waals surface area (Å²) in [4.78, 5) is 11.6. The van der Waals surface area contributed by atoms with E-state index in [1.807, 2.05) is 12.5 Å². The van der Waals surface area contributed by atoms with Crippen LogP contribution in [0.3, 0.4) is 0 Å². The zero-order valence-corrected chi connectivity index (χ0v) is 14.7. The van der Waals surface area contributed by atoms with Crippen LogP contribution in [0.4, 0.5) is 5.82 Å². The standard InChI is InChI=1S/C17H26N4OS/c1-23-17-18-9-14-11-21(22,10-13-5-2-3-6-13)12-15-7-4-8-20(15)16(14)19-17/h9,13,15H,2-8,10-12H2,1H3. The summed E-state index contributed by atoms with van der Waals surface area (Å²) < 4.78 is -0.0686. The van der Waals surface area contributed by atoms with Crippen LogP contribution in [0, 0.1) is 11.1 Å². The van der Waals surface area contributed by atoms with Crippen molar-refractivity contribution in [3.05, 3.63) is 17.0 Å². The monoisotopic (exact) mass is 334 g/mol. The van der Waals surface area contributed by atoms with Gasteiger partial charge in [0.25, 0.3) is 0 Å². The molecular formula is C17H26N4OS. The average molecular weight is 334 g/mol. The molecule has 1 saturated heterocycles. The van der Waals surface area contributed by atoms with Gasteiger partial charge in [0.1, 0.15) is 12.4 Å². The normalized spacial score (nSPS) is 31.0. The zero-order chi connectivity index (χ0) is 15.9. The van der Waals surface area contributed by atoms with Crippen LogP contribution in [0.2, 0.25) is 0 Å². The molecule has 3 heterocycles. The summed E-state index contributed by atoms with van der Waals surface area (Å²) in [7, 11) is 0. The fourth-order valence-corrected chi connectivity index (χ4v) is 5.04. The van der Waals surface area contributed by atoms with E-state index < -0.39 is 0 Å². The predicted octanol–water partition coefficient (Wildman–Crippen LogP) is 3.19. The summed E-state index contributed by atoms with van der Waals surface area (Å²) in [5, 5.41) is 14.4. The van der Waals surface area contributed by atoms with E-state index in [1.165, 1.54) is 32.1 Å². The molecule has 2 unspecified atom stereocenters. The Hall–Kier alpha value is -0.850. The number of thioether (sulfide) groups is 1. The highest BCUT2D eigenvalue weighted by atomic mass is 32.2. The van der Waals surface area contributed by atoms with Gasteiger partial charge in [-0.15, -0.1) is 0 Å². The summed E-state index contributed by atoms with van der Waals surface area (Å²) in [5.74, 6) is 1.66. The van der Waals surface area contributed by atoms with Gasteiger partial charge in [0.2, 0.25) is 0 Å². The minimum atomic E-state index is -0.0686. The highest BCUT2D eigenvalue weighted by Crippen LogP contribution is 2.37. The number of hydrogen-bond donors (Lipinski definition) is 0. The lowest BCUT2D eigenvalue weighted by Gasteiger charge is -2.45. The van der Waals surface area contributed by atoms with E-state index in [9.17, 15) is 5.21 Å². The Morgan fingerprint density at radius 3 is 2.91 bits per heavy atom. The second-order valence-corrected chi connectivity index (χ2v) is 8.20. The van der Waals surface area contributed by atoms with Gasteiger partial charge in [-0.2, -0.15) is 0 Å². The third kappa shape index (κ3) is 3.08. The quantitative estimate of drug-likeness (QED) is 0.368. The first-order chi connectivity index (χ1) is 11.2. The summed E-state index contributed by atoms with van der Waals surface area (Å²) >= 11 is 1.58. The molecule has 0 aromatic carbocycles. The summed E-state index contributed by atoms with van der Waals surface area (Å²) in [6.45, 7) is 3.09. The van der Waals surface area contributed by atoms with E-state index in [-0.39, 0.29) is 4.65 Å². The van der Waals surface area contributed by atoms with E-state index in [0.29, 0.717) is 18.5 Å². The maximum Gasteiger partial charge on any atom is 0.189 e. The van der Waals surface area contributed by atoms with Crippen molar-refractivity contribution in [3.63, 3.8) is 0 Å². The Balaban J connectivity index is 1.66. The van der Waals surface area contributed by atoms with Gasteiger partial charge in [0.15, 0.2) is 5.16 Å². The largest absolute Gasteiger partial charge is 0.632 e. The fraction of sp³-hybridized carbons (Fsp3) is 0.765. The van der Waals surface area contributed by atoms with Crippen LogP contribution in [0.15, 0.2) is 11.4 Å². The van der Waals surface area contributed by atoms with Gasteiger partial charge in [-0.05, 0) is 31.9 Å². The summed E-state index contributed by atoms with van der Waals surface area (Å²) in [6.07, 6.45) is 11.3. The molecule has 2 aliphatic heterocycles. The van der Waals surface area contributed by atoms with Gasteiger partial charge < -0.3 is 14.8 Å². The topological polar surface area (TPSA) is 52.1 Å². The van der Waals surface area contributed by atoms with Gasteiger partial charge in [0, 0.05) is 18.7 Å². The molecule has 3 aliphatic rings. The van der Waals surface area contributed by atoms with E-state index in [0.717, 1.165) is 42.6 Å². The Morgan fingerprint density at radius 1 is 1.30 bits per heavy atom. The third-order valence-electron chi connectivity index (χ3n) is 5.72. The molecule has 4 rings (SSSR count). The van der Waals surface area contributed by atoms with Crippen molar-refractivity contribution in [1.29, 1.82) is 0 Å². The number of quaternary nitrogens is 1. The molecule has 126 valence electrons. The summed E-state index contributed by atoms with van der Waals surface area (Å²) in [5.41, 5.74) is 1.06. The second kappa shape index (κ2) is 6.22. The van der Waals surface area contributed by atoms with Crippen molar-refractivity contribution < 1.29 is 4.65 Å². The molecule has 2 fully saturated rings. The molecule has 1 aliphatic carbocycles. The fourth-order valence-electron chi connectivity index (χ4n) is 4.71. The van der Waals surface area contributed by atoms with Crippen LogP contribution in [-0.2, 0) is 6.54 Å². The van der Waals surface area contributed by atoms with E-state index in [2.05, 4.69) is 9.88 Å². The van der Waals surface area contributed by atoms with Crippen molar-refractivity contribution in [3.8, 4) is 0 Å². The van der Waals surface area contributed by atoms with Crippen LogP contribution in [-0.4, -0.2) is 46.5 Å². The maximum absolute atomic E-state index is 13.6. The predicted molar refractivity (Wildman–Crippen MR) is 93.2 cm³/mol. The number of rotatable bonds is 3. The molecule has 23 heavy (non-hydrogen) atoms. The second-order valence-electron chi connectivity index (χ2n) is 7.43. The first-order valence-electron chi connectivity index (χ1n) is 8.90. The maximum atomic E-state index is 13.6. The molecular weight excluding hydrogens is 308 g/mol. The van der Waals surface area contributed by atoms with Gasteiger partial charge in [-0.25, -0.2) is 9.97 Å². The van der Waals surface area contributed by atoms with Crippen LogP contribution in [0.25, 0.3) is 0 Å². The summed E-state index contributed by atoms with van der Waals surface area (Å²) in [6, 6.07) is 0.361. The minimum Gasteiger partial charge on any atom is -0.632 e. The van der Waals surface area contributed by atoms with E-state index in [4.69, 9.17) is 4.98 Å². The Bertz CT molecular complexity index is 578. The Kier molecular flexibility index (Phi) is 4.24. The van der Waals surface area contributed by atoms with Crippen molar-refractivity contribution in [2.45, 2.75) is 56.3 Å². The van der Waals surface area contributed by atoms with E-state index >= 15 is 0 Å². The van der Waals surface area contributed by atoms with Crippen molar-refractivity contribution in [2.75, 3.05) is 30.8 Å². The smallest absolute Gasteiger partial charge is 0.189 e. The van der Waals surface area contributed by atoms with Gasteiger partial charge in [0.05, 0.1) is 24.7 Å². The number of nitrogens with zero attached hydrogens (tertiary/aromatic N) is 4. The molecule has 2 atom stereocenters. The molecule has 0 amide bonds. The number of hydrogen-bond acceptors (Lipinski definition) is 5. The molecule has 1 aromatic heterocycles. The lowest BCUT2D eigenvalue weighted by Crippen LogP contribution is -2.50. The Labute approximate surface area is 142 Å². The number of hydroxylamine groups is 3. The van der Waals surface area contributed by atoms with Gasteiger partial charge >= 0.3 is 0 Å². The van der Waals surface area contributed by atoms with Crippen LogP contribution < -0.4 is 4.90 Å². The molecule has 1 aromatic rings. The molecule has 1 saturated carbocycles. The lowest BCUT2D eigenvalue weighted by molar-refractivity contribution is -0.897. The SMILES string of the molecule is CSc1ncc2c(n1)N1CCCC1C[N+]([O-])(CC1CCCC1)C2. The van der Waals surface area contributed by atoms with Gasteiger partial charge in [-0.3, -0.25) is 0 Å². The molecule has 0 radical (unpaired) electrons. The van der Waals surface area contributed by atoms with Crippen LogP contribution in [0.5, 0.6) is 0 Å². The Morgan fingerprint density at radius 2 is 2.13 bits per heavy atom. The first-order valence-corrected chi connectivity index (χ1v) is 10.1. The van der Waals surface area contributed by atoms with Crippen LogP contribution in [0.1, 0.15) is 44.1 Å². The number of aromatic nitrogens is 2. The first kappa shape index (κ1) is 15.7. The minimum absolute atomic E-state index is 0.0686. The lowest BCUT2D eigenvalue weighted by atomic mass is 10.1. The number of anilines is 1. The molecule has 0 bridgehead atoms. The average Bonchev–Trinajstić information content (AvgIpc) is 3.17. The van der Waals surface area contributed by atoms with Crippen molar-refractivity contribution in [2.24, 2.45) is 5.92 Å². The van der Waals surface area contributed by atoms with Crippen LogP contribution >= 0.6 is 11.8 Å². The molecule has 6 heteroatoms. The third-order valence-corrected chi connectivity index (χ3v) is 6.28.